The van der Waals surface area contributed by atoms with Crippen LogP contribution in [-0.4, -0.2) is 25.2 Å². The Hall–Kier alpha value is -2.04. The molecule has 2 atom stereocenters. The van der Waals surface area contributed by atoms with Crippen LogP contribution in [0.15, 0.2) is 30.3 Å². The van der Waals surface area contributed by atoms with E-state index in [1.807, 2.05) is 30.3 Å². The number of carbonyl (C=O) groups excluding carboxylic acids is 2. The Morgan fingerprint density at radius 3 is 2.76 bits per heavy atom. The highest BCUT2D eigenvalue weighted by molar-refractivity contribution is 5.75. The van der Waals surface area contributed by atoms with Gasteiger partial charge in [-0.15, -0.1) is 0 Å². The summed E-state index contributed by atoms with van der Waals surface area (Å²) in [6, 6.07) is 8.93. The van der Waals surface area contributed by atoms with Crippen LogP contribution in [0.4, 0.5) is 4.79 Å². The second kappa shape index (κ2) is 4.86. The van der Waals surface area contributed by atoms with Crippen LogP contribution in [0.25, 0.3) is 0 Å². The standard InChI is InChI=1S/C12H13NO4/c1-16-10(14)7-9-11(17-12(15)13-9)8-5-3-2-4-6-8/h2-6,9,11H,7H2,1H3,(H,13,15)/t9-,11-/m0/s1. The molecule has 0 saturated carbocycles. The average molecular weight is 235 g/mol. The second-order valence-electron chi connectivity index (χ2n) is 3.77. The molecule has 0 aliphatic carbocycles. The van der Waals surface area contributed by atoms with Crippen molar-refractivity contribution in [1.82, 2.24) is 5.32 Å². The van der Waals surface area contributed by atoms with Gasteiger partial charge in [0, 0.05) is 0 Å². The summed E-state index contributed by atoms with van der Waals surface area (Å²) < 4.78 is 9.73. The zero-order valence-electron chi connectivity index (χ0n) is 9.38. The third-order valence-corrected chi connectivity index (χ3v) is 2.65. The molecule has 1 aliphatic rings. The van der Waals surface area contributed by atoms with Crippen LogP contribution in [-0.2, 0) is 14.3 Å². The molecule has 5 heteroatoms. The van der Waals surface area contributed by atoms with Gasteiger partial charge in [0.25, 0.3) is 0 Å². The fourth-order valence-electron chi connectivity index (χ4n) is 1.82. The molecule has 1 heterocycles. The van der Waals surface area contributed by atoms with Gasteiger partial charge in [0.15, 0.2) is 0 Å². The van der Waals surface area contributed by atoms with Crippen LogP contribution in [0.5, 0.6) is 0 Å². The van der Waals surface area contributed by atoms with Crippen LogP contribution < -0.4 is 5.32 Å². The minimum atomic E-state index is -0.507. The minimum absolute atomic E-state index is 0.0990. The van der Waals surface area contributed by atoms with Crippen molar-refractivity contribution in [3.05, 3.63) is 35.9 Å². The number of benzene rings is 1. The summed E-state index contributed by atoms with van der Waals surface area (Å²) in [5.41, 5.74) is 0.861. The molecular weight excluding hydrogens is 222 g/mol. The quantitative estimate of drug-likeness (QED) is 0.804. The summed E-state index contributed by atoms with van der Waals surface area (Å²) in [6.07, 6.45) is -0.850. The highest BCUT2D eigenvalue weighted by Gasteiger charge is 2.36. The van der Waals surface area contributed by atoms with Crippen molar-refractivity contribution in [2.45, 2.75) is 18.6 Å². The van der Waals surface area contributed by atoms with Gasteiger partial charge in [-0.1, -0.05) is 30.3 Å². The molecule has 5 nitrogen and oxygen atoms in total. The minimum Gasteiger partial charge on any atom is -0.469 e. The highest BCUT2D eigenvalue weighted by Crippen LogP contribution is 2.28. The average Bonchev–Trinajstić information content (AvgIpc) is 2.71. The van der Waals surface area contributed by atoms with Crippen molar-refractivity contribution < 1.29 is 19.1 Å². The molecule has 1 aromatic carbocycles. The SMILES string of the molecule is COC(=O)C[C@@H]1NC(=O)O[C@H]1c1ccccc1. The van der Waals surface area contributed by atoms with Gasteiger partial charge in [0.2, 0.25) is 0 Å². The largest absolute Gasteiger partial charge is 0.469 e. The van der Waals surface area contributed by atoms with Crippen molar-refractivity contribution >= 4 is 12.1 Å². The lowest BCUT2D eigenvalue weighted by molar-refractivity contribution is -0.141. The third kappa shape index (κ3) is 2.55. The molecule has 0 aromatic heterocycles. The van der Waals surface area contributed by atoms with E-state index >= 15 is 0 Å². The van der Waals surface area contributed by atoms with Crippen LogP contribution >= 0.6 is 0 Å². The molecule has 0 radical (unpaired) electrons. The molecule has 1 fully saturated rings. The van der Waals surface area contributed by atoms with E-state index in [0.29, 0.717) is 0 Å². The molecule has 1 aromatic rings. The lowest BCUT2D eigenvalue weighted by Crippen LogP contribution is -2.30. The van der Waals surface area contributed by atoms with E-state index in [4.69, 9.17) is 4.74 Å². The molecule has 2 rings (SSSR count). The fourth-order valence-corrected chi connectivity index (χ4v) is 1.82. The van der Waals surface area contributed by atoms with Gasteiger partial charge in [0.05, 0.1) is 19.6 Å². The van der Waals surface area contributed by atoms with E-state index in [1.54, 1.807) is 0 Å². The number of ether oxygens (including phenoxy) is 2. The summed E-state index contributed by atoms with van der Waals surface area (Å²) in [6.45, 7) is 0. The molecule has 1 N–H and O–H groups in total. The number of hydrogen-bond donors (Lipinski definition) is 1. The summed E-state index contributed by atoms with van der Waals surface area (Å²) in [5, 5.41) is 2.61. The zero-order chi connectivity index (χ0) is 12.3. The third-order valence-electron chi connectivity index (χ3n) is 2.65. The van der Waals surface area contributed by atoms with E-state index in [1.165, 1.54) is 7.11 Å². The fraction of sp³-hybridized carbons (Fsp3) is 0.333. The predicted octanol–water partition coefficient (Wildman–Crippen LogP) is 1.40. The predicted molar refractivity (Wildman–Crippen MR) is 59.2 cm³/mol. The maximum atomic E-state index is 11.2. The molecule has 1 aliphatic heterocycles. The number of amides is 1. The normalized spacial score (nSPS) is 22.8. The maximum absolute atomic E-state index is 11.2. The first-order chi connectivity index (χ1) is 8.20. The number of alkyl carbamates (subject to hydrolysis) is 1. The smallest absolute Gasteiger partial charge is 0.408 e. The number of cyclic esters (lactones) is 1. The van der Waals surface area contributed by atoms with Crippen LogP contribution in [0.3, 0.4) is 0 Å². The molecule has 0 spiro atoms. The Balaban J connectivity index is 2.14. The van der Waals surface area contributed by atoms with Gasteiger partial charge in [0.1, 0.15) is 6.10 Å². The first-order valence-electron chi connectivity index (χ1n) is 5.29. The first-order valence-corrected chi connectivity index (χ1v) is 5.29. The van der Waals surface area contributed by atoms with Gasteiger partial charge in [-0.2, -0.15) is 0 Å². The van der Waals surface area contributed by atoms with Crippen molar-refractivity contribution in [3.63, 3.8) is 0 Å². The molecule has 1 amide bonds. The number of nitrogens with one attached hydrogen (secondary N) is 1. The van der Waals surface area contributed by atoms with E-state index < -0.39 is 12.2 Å². The van der Waals surface area contributed by atoms with Gasteiger partial charge in [-0.05, 0) is 5.56 Å². The number of carbonyl (C=O) groups is 2. The number of rotatable bonds is 3. The van der Waals surface area contributed by atoms with Crippen LogP contribution in [0.1, 0.15) is 18.1 Å². The summed E-state index contributed by atoms with van der Waals surface area (Å²) in [7, 11) is 1.32. The topological polar surface area (TPSA) is 64.6 Å². The van der Waals surface area contributed by atoms with E-state index in [2.05, 4.69) is 10.1 Å². The molecular formula is C12H13NO4. The van der Waals surface area contributed by atoms with Crippen LogP contribution in [0, 0.1) is 0 Å². The van der Waals surface area contributed by atoms with Crippen molar-refractivity contribution in [3.8, 4) is 0 Å². The number of methoxy groups -OCH3 is 1. The Morgan fingerprint density at radius 1 is 1.41 bits per heavy atom. The highest BCUT2D eigenvalue weighted by atomic mass is 16.6. The molecule has 1 saturated heterocycles. The van der Waals surface area contributed by atoms with E-state index in [-0.39, 0.29) is 18.4 Å². The Morgan fingerprint density at radius 2 is 2.12 bits per heavy atom. The lowest BCUT2D eigenvalue weighted by atomic mass is 10.0. The lowest BCUT2D eigenvalue weighted by Gasteiger charge is -2.15. The monoisotopic (exact) mass is 235 g/mol. The number of esters is 1. The van der Waals surface area contributed by atoms with Gasteiger partial charge in [-0.25, -0.2) is 4.79 Å². The first kappa shape index (κ1) is 11.4. The van der Waals surface area contributed by atoms with Gasteiger partial charge in [-0.3, -0.25) is 4.79 Å². The van der Waals surface area contributed by atoms with Crippen molar-refractivity contribution in [1.29, 1.82) is 0 Å². The van der Waals surface area contributed by atoms with E-state index in [9.17, 15) is 9.59 Å². The Bertz CT molecular complexity index is 418. The second-order valence-corrected chi connectivity index (χ2v) is 3.77. The molecule has 0 bridgehead atoms. The molecule has 0 unspecified atom stereocenters. The van der Waals surface area contributed by atoms with Gasteiger partial charge < -0.3 is 14.8 Å². The van der Waals surface area contributed by atoms with E-state index in [0.717, 1.165) is 5.56 Å². The zero-order valence-corrected chi connectivity index (χ0v) is 9.38. The Labute approximate surface area is 98.7 Å². The van der Waals surface area contributed by atoms with Crippen molar-refractivity contribution in [2.75, 3.05) is 7.11 Å². The summed E-state index contributed by atoms with van der Waals surface area (Å²) in [4.78, 5) is 22.4. The summed E-state index contributed by atoms with van der Waals surface area (Å²) >= 11 is 0. The number of hydrogen-bond acceptors (Lipinski definition) is 4. The van der Waals surface area contributed by atoms with Gasteiger partial charge >= 0.3 is 12.1 Å². The van der Waals surface area contributed by atoms with Crippen LogP contribution in [0.2, 0.25) is 0 Å². The molecule has 90 valence electrons. The Kier molecular flexibility index (Phi) is 3.27. The van der Waals surface area contributed by atoms with Crippen molar-refractivity contribution in [2.24, 2.45) is 0 Å². The summed E-state index contributed by atoms with van der Waals surface area (Å²) in [5.74, 6) is -0.373. The molecule has 17 heavy (non-hydrogen) atoms. The maximum Gasteiger partial charge on any atom is 0.408 e.